The Morgan fingerprint density at radius 3 is 2.77 bits per heavy atom. The van der Waals surface area contributed by atoms with Gasteiger partial charge in [0.05, 0.1) is 5.92 Å². The molecule has 2 aromatic rings. The molecule has 8 nitrogen and oxygen atoms in total. The Bertz CT molecular complexity index is 847. The molecule has 0 aromatic carbocycles. The molecule has 22 heavy (non-hydrogen) atoms. The fraction of sp³-hybridized carbons (Fsp3) is 0.385. The number of esters is 2. The van der Waals surface area contributed by atoms with Crippen molar-refractivity contribution in [1.29, 1.82) is 0 Å². The molecule has 3 rings (SSSR count). The second kappa shape index (κ2) is 4.87. The van der Waals surface area contributed by atoms with E-state index in [1.807, 2.05) is 6.92 Å². The first-order chi connectivity index (χ1) is 10.3. The Labute approximate surface area is 125 Å². The number of hydrogen-bond donors (Lipinski definition) is 0. The molecular formula is C13H12O8S. The molecule has 2 bridgehead atoms. The maximum absolute atomic E-state index is 11.7. The van der Waals surface area contributed by atoms with E-state index in [4.69, 9.17) is 18.1 Å². The normalized spacial score (nSPS) is 16.5. The fourth-order valence-corrected chi connectivity index (χ4v) is 3.03. The SMILES string of the molecule is CCC(C)C(=O)OCC(=O)Oc1c2c3oc1cc3S(=O)(=O)O2. The van der Waals surface area contributed by atoms with Gasteiger partial charge in [0.2, 0.25) is 11.5 Å². The predicted octanol–water partition coefficient (Wildman–Crippen LogP) is 1.45. The van der Waals surface area contributed by atoms with E-state index in [1.54, 1.807) is 6.92 Å². The number of furan rings is 2. The third kappa shape index (κ3) is 2.17. The zero-order chi connectivity index (χ0) is 16.1. The molecule has 0 amide bonds. The van der Waals surface area contributed by atoms with Crippen LogP contribution in [0.2, 0.25) is 0 Å². The standard InChI is InChI=1S/C13H12O8S/c1-3-6(2)13(15)18-5-9(14)20-10-7-4-8-11(19-7)12(10)21-22(8,16)17/h4,6H,3,5H2,1-2H3. The molecule has 0 N–H and O–H groups in total. The molecule has 2 aromatic heterocycles. The van der Waals surface area contributed by atoms with E-state index in [0.29, 0.717) is 6.42 Å². The van der Waals surface area contributed by atoms with E-state index in [-0.39, 0.29) is 33.5 Å². The number of ether oxygens (including phenoxy) is 2. The van der Waals surface area contributed by atoms with Gasteiger partial charge in [0.15, 0.2) is 22.7 Å². The number of carbonyl (C=O) groups excluding carboxylic acids is 2. The summed E-state index contributed by atoms with van der Waals surface area (Å²) in [6.07, 6.45) is 0.590. The lowest BCUT2D eigenvalue weighted by molar-refractivity contribution is -0.156. The molecular weight excluding hydrogens is 316 g/mol. The van der Waals surface area contributed by atoms with Crippen LogP contribution in [0.4, 0.5) is 0 Å². The van der Waals surface area contributed by atoms with Gasteiger partial charge in [-0.3, -0.25) is 4.79 Å². The van der Waals surface area contributed by atoms with Gasteiger partial charge in [0.1, 0.15) is 0 Å². The van der Waals surface area contributed by atoms with Crippen molar-refractivity contribution in [3.8, 4) is 11.5 Å². The van der Waals surface area contributed by atoms with Crippen molar-refractivity contribution in [2.24, 2.45) is 5.92 Å². The van der Waals surface area contributed by atoms with Crippen molar-refractivity contribution in [2.75, 3.05) is 6.61 Å². The minimum Gasteiger partial charge on any atom is -0.453 e. The molecule has 0 radical (unpaired) electrons. The molecule has 0 fully saturated rings. The Hall–Kier alpha value is -2.29. The summed E-state index contributed by atoms with van der Waals surface area (Å²) in [6, 6.07) is 1.22. The Morgan fingerprint density at radius 2 is 2.09 bits per heavy atom. The summed E-state index contributed by atoms with van der Waals surface area (Å²) in [5, 5.41) is 0. The first-order valence-corrected chi connectivity index (χ1v) is 7.95. The van der Waals surface area contributed by atoms with E-state index in [1.165, 1.54) is 6.07 Å². The van der Waals surface area contributed by atoms with Gasteiger partial charge in [-0.15, -0.1) is 0 Å². The summed E-state index contributed by atoms with van der Waals surface area (Å²) in [5.41, 5.74) is 0.108. The zero-order valence-electron chi connectivity index (χ0n) is 11.7. The zero-order valence-corrected chi connectivity index (χ0v) is 12.6. The highest BCUT2D eigenvalue weighted by Crippen LogP contribution is 2.51. The minimum absolute atomic E-state index is 0.0226. The lowest BCUT2D eigenvalue weighted by atomic mass is 10.1. The molecule has 3 heterocycles. The molecule has 1 aliphatic rings. The van der Waals surface area contributed by atoms with Crippen LogP contribution in [-0.2, 0) is 24.4 Å². The van der Waals surface area contributed by atoms with Gasteiger partial charge in [-0.1, -0.05) is 13.8 Å². The number of rotatable bonds is 5. The summed E-state index contributed by atoms with van der Waals surface area (Å²) >= 11 is 0. The Kier molecular flexibility index (Phi) is 3.24. The summed E-state index contributed by atoms with van der Waals surface area (Å²) in [5.74, 6) is -1.95. The number of fused-ring (bicyclic) bond motifs is 1. The molecule has 0 spiro atoms. The van der Waals surface area contributed by atoms with Gasteiger partial charge >= 0.3 is 22.1 Å². The predicted molar refractivity (Wildman–Crippen MR) is 71.3 cm³/mol. The minimum atomic E-state index is -3.90. The molecule has 1 aliphatic heterocycles. The van der Waals surface area contributed by atoms with Crippen LogP contribution in [0.3, 0.4) is 0 Å². The Balaban J connectivity index is 1.68. The van der Waals surface area contributed by atoms with Crippen molar-refractivity contribution < 1.29 is 36.1 Å². The monoisotopic (exact) mass is 328 g/mol. The van der Waals surface area contributed by atoms with E-state index >= 15 is 0 Å². The van der Waals surface area contributed by atoms with Crippen LogP contribution in [0, 0.1) is 5.92 Å². The van der Waals surface area contributed by atoms with E-state index in [2.05, 4.69) is 0 Å². The maximum atomic E-state index is 11.7. The van der Waals surface area contributed by atoms with Gasteiger partial charge in [-0.2, -0.15) is 8.42 Å². The van der Waals surface area contributed by atoms with Crippen molar-refractivity contribution in [3.63, 3.8) is 0 Å². The van der Waals surface area contributed by atoms with E-state index < -0.39 is 28.7 Å². The number of carbonyl (C=O) groups is 2. The second-order valence-electron chi connectivity index (χ2n) is 4.89. The smallest absolute Gasteiger partial charge is 0.349 e. The highest BCUT2D eigenvalue weighted by atomic mass is 32.2. The van der Waals surface area contributed by atoms with Crippen molar-refractivity contribution in [1.82, 2.24) is 0 Å². The molecule has 1 atom stereocenters. The lowest BCUT2D eigenvalue weighted by Crippen LogP contribution is -2.22. The molecule has 9 heteroatoms. The average Bonchev–Trinajstić information content (AvgIpc) is 3.08. The summed E-state index contributed by atoms with van der Waals surface area (Å²) < 4.78 is 42.9. The summed E-state index contributed by atoms with van der Waals surface area (Å²) in [7, 11) is -3.90. The topological polar surface area (TPSA) is 109 Å². The average molecular weight is 328 g/mol. The maximum Gasteiger partial charge on any atom is 0.349 e. The van der Waals surface area contributed by atoms with Gasteiger partial charge in [-0.25, -0.2) is 4.79 Å². The van der Waals surface area contributed by atoms with Crippen LogP contribution in [0.15, 0.2) is 15.4 Å². The van der Waals surface area contributed by atoms with Crippen LogP contribution < -0.4 is 8.92 Å². The van der Waals surface area contributed by atoms with E-state index in [9.17, 15) is 18.0 Å². The van der Waals surface area contributed by atoms with Crippen LogP contribution in [-0.4, -0.2) is 27.0 Å². The molecule has 0 saturated carbocycles. The van der Waals surface area contributed by atoms with Crippen LogP contribution >= 0.6 is 0 Å². The van der Waals surface area contributed by atoms with Gasteiger partial charge < -0.3 is 18.1 Å². The molecule has 0 saturated heterocycles. The number of hydrogen-bond acceptors (Lipinski definition) is 8. The highest BCUT2D eigenvalue weighted by Gasteiger charge is 2.41. The lowest BCUT2D eigenvalue weighted by Gasteiger charge is -2.08. The molecule has 118 valence electrons. The van der Waals surface area contributed by atoms with Crippen molar-refractivity contribution >= 4 is 33.2 Å². The second-order valence-corrected chi connectivity index (χ2v) is 6.41. The van der Waals surface area contributed by atoms with Crippen LogP contribution in [0.25, 0.3) is 11.2 Å². The third-order valence-electron chi connectivity index (χ3n) is 3.36. The largest absolute Gasteiger partial charge is 0.453 e. The third-order valence-corrected chi connectivity index (χ3v) is 4.59. The number of benzene rings is 1. The Morgan fingerprint density at radius 1 is 1.36 bits per heavy atom. The molecule has 1 unspecified atom stereocenters. The summed E-state index contributed by atoms with van der Waals surface area (Å²) in [6.45, 7) is 2.92. The van der Waals surface area contributed by atoms with Crippen LogP contribution in [0.1, 0.15) is 20.3 Å². The van der Waals surface area contributed by atoms with Crippen molar-refractivity contribution in [2.45, 2.75) is 25.2 Å². The quantitative estimate of drug-likeness (QED) is 0.461. The van der Waals surface area contributed by atoms with Gasteiger partial charge in [0, 0.05) is 6.07 Å². The summed E-state index contributed by atoms with van der Waals surface area (Å²) in [4.78, 5) is 23.1. The van der Waals surface area contributed by atoms with Crippen molar-refractivity contribution in [3.05, 3.63) is 6.07 Å². The highest BCUT2D eigenvalue weighted by molar-refractivity contribution is 7.87. The fourth-order valence-electron chi connectivity index (χ4n) is 1.95. The first-order valence-electron chi connectivity index (χ1n) is 6.54. The first kappa shape index (κ1) is 14.6. The van der Waals surface area contributed by atoms with Gasteiger partial charge in [-0.05, 0) is 6.42 Å². The van der Waals surface area contributed by atoms with Gasteiger partial charge in [0.25, 0.3) is 0 Å². The van der Waals surface area contributed by atoms with E-state index in [0.717, 1.165) is 0 Å². The molecule has 0 aliphatic carbocycles. The van der Waals surface area contributed by atoms with Crippen LogP contribution in [0.5, 0.6) is 11.5 Å².